The normalized spacial score (nSPS) is 10.6. The molecule has 2 aromatic heterocycles. The molecule has 0 spiro atoms. The van der Waals surface area contributed by atoms with Gasteiger partial charge >= 0.3 is 6.03 Å². The second-order valence-electron chi connectivity index (χ2n) is 7.25. The van der Waals surface area contributed by atoms with Crippen molar-refractivity contribution in [3.63, 3.8) is 0 Å². The van der Waals surface area contributed by atoms with E-state index in [4.69, 9.17) is 4.74 Å². The molecule has 0 radical (unpaired) electrons. The molecule has 0 aliphatic heterocycles. The first-order valence-corrected chi connectivity index (χ1v) is 9.83. The van der Waals surface area contributed by atoms with Crippen LogP contribution in [0.25, 0.3) is 5.65 Å². The number of pyridine rings is 1. The van der Waals surface area contributed by atoms with Gasteiger partial charge in [0, 0.05) is 18.0 Å². The summed E-state index contributed by atoms with van der Waals surface area (Å²) in [4.78, 5) is 29.2. The Morgan fingerprint density at radius 1 is 0.968 bits per heavy atom. The Morgan fingerprint density at radius 3 is 2.61 bits per heavy atom. The number of fused-ring (bicyclic) bond motifs is 1. The maximum Gasteiger partial charge on any atom is 0.323 e. The first-order valence-electron chi connectivity index (χ1n) is 9.83. The van der Waals surface area contributed by atoms with Gasteiger partial charge < -0.3 is 15.4 Å². The fourth-order valence-corrected chi connectivity index (χ4v) is 3.18. The zero-order valence-corrected chi connectivity index (χ0v) is 17.3. The molecule has 2 N–H and O–H groups in total. The molecule has 0 aliphatic carbocycles. The summed E-state index contributed by atoms with van der Waals surface area (Å²) >= 11 is 0. The maximum absolute atomic E-state index is 12.4. The number of rotatable bonds is 5. The molecule has 0 fully saturated rings. The molecular weight excluding hydrogens is 392 g/mol. The number of ether oxygens (including phenoxy) is 1. The number of hydrogen-bond donors (Lipinski definition) is 2. The average Bonchev–Trinajstić information content (AvgIpc) is 2.73. The predicted molar refractivity (Wildman–Crippen MR) is 121 cm³/mol. The van der Waals surface area contributed by atoms with Crippen LogP contribution in [0.1, 0.15) is 16.8 Å². The summed E-state index contributed by atoms with van der Waals surface area (Å²) in [5.74, 6) is 0.480. The number of carbonyl (C=O) groups is 1. The second kappa shape index (κ2) is 8.71. The van der Waals surface area contributed by atoms with E-state index < -0.39 is 0 Å². The largest absolute Gasteiger partial charge is 0.485 e. The van der Waals surface area contributed by atoms with Crippen LogP contribution in [0.4, 0.5) is 16.2 Å². The number of nitrogens with zero attached hydrogens (tertiary/aromatic N) is 2. The van der Waals surface area contributed by atoms with Gasteiger partial charge in [-0.05, 0) is 61.4 Å². The van der Waals surface area contributed by atoms with Crippen LogP contribution in [0, 0.1) is 13.8 Å². The molecular formula is C24H22N4O3. The van der Waals surface area contributed by atoms with Crippen molar-refractivity contribution >= 4 is 23.1 Å². The zero-order valence-electron chi connectivity index (χ0n) is 17.3. The van der Waals surface area contributed by atoms with Gasteiger partial charge in [0.1, 0.15) is 18.0 Å². The Bertz CT molecular complexity index is 1310. The number of carbonyl (C=O) groups excluding carboxylic acids is 1. The number of para-hydroxylation sites is 2. The van der Waals surface area contributed by atoms with Gasteiger partial charge in [0.25, 0.3) is 5.56 Å². The fourth-order valence-electron chi connectivity index (χ4n) is 3.18. The standard InChI is InChI=1S/C24H22N4O3/c1-16-6-5-7-18(12-16)26-24(30)27-20-8-3-4-9-21(20)31-15-19-14-23(29)28-11-10-17(2)13-22(28)25-19/h3-14H,15H2,1-2H3,(H2,26,27,30). The van der Waals surface area contributed by atoms with E-state index in [0.29, 0.717) is 28.5 Å². The smallest absolute Gasteiger partial charge is 0.323 e. The van der Waals surface area contributed by atoms with Gasteiger partial charge in [-0.15, -0.1) is 0 Å². The molecule has 4 rings (SSSR count). The Hall–Kier alpha value is -4.13. The van der Waals surface area contributed by atoms with Crippen molar-refractivity contribution in [3.05, 3.63) is 100 Å². The summed E-state index contributed by atoms with van der Waals surface area (Å²) in [5.41, 5.74) is 4.18. The molecule has 156 valence electrons. The molecule has 0 atom stereocenters. The highest BCUT2D eigenvalue weighted by Gasteiger charge is 2.10. The fraction of sp³-hybridized carbons (Fsp3) is 0.125. The summed E-state index contributed by atoms with van der Waals surface area (Å²) in [6.45, 7) is 4.00. The molecule has 4 aromatic rings. The van der Waals surface area contributed by atoms with Gasteiger partial charge in [0.05, 0.1) is 11.4 Å². The lowest BCUT2D eigenvalue weighted by atomic mass is 10.2. The third-order valence-electron chi connectivity index (χ3n) is 4.66. The minimum absolute atomic E-state index is 0.0951. The Balaban J connectivity index is 1.48. The molecule has 0 unspecified atom stereocenters. The first-order chi connectivity index (χ1) is 15.0. The lowest BCUT2D eigenvalue weighted by molar-refractivity contribution is 0.261. The highest BCUT2D eigenvalue weighted by atomic mass is 16.5. The maximum atomic E-state index is 12.4. The SMILES string of the molecule is Cc1cccc(NC(=O)Nc2ccccc2OCc2cc(=O)n3ccc(C)cc3n2)c1. The van der Waals surface area contributed by atoms with Crippen molar-refractivity contribution < 1.29 is 9.53 Å². The quantitative estimate of drug-likeness (QED) is 0.502. The van der Waals surface area contributed by atoms with Crippen molar-refractivity contribution in [2.24, 2.45) is 0 Å². The minimum atomic E-state index is -0.376. The number of benzene rings is 2. The summed E-state index contributed by atoms with van der Waals surface area (Å²) in [6, 6.07) is 19.4. The lowest BCUT2D eigenvalue weighted by Crippen LogP contribution is -2.20. The number of amides is 2. The second-order valence-corrected chi connectivity index (χ2v) is 7.25. The van der Waals surface area contributed by atoms with Crippen LogP contribution in [0.15, 0.2) is 77.7 Å². The number of anilines is 2. The molecule has 2 aromatic carbocycles. The van der Waals surface area contributed by atoms with Crippen LogP contribution >= 0.6 is 0 Å². The van der Waals surface area contributed by atoms with Crippen molar-refractivity contribution in [1.82, 2.24) is 9.38 Å². The van der Waals surface area contributed by atoms with Crippen molar-refractivity contribution in [3.8, 4) is 5.75 Å². The van der Waals surface area contributed by atoms with Crippen LogP contribution < -0.4 is 20.9 Å². The van der Waals surface area contributed by atoms with Gasteiger partial charge in [-0.3, -0.25) is 9.20 Å². The van der Waals surface area contributed by atoms with Gasteiger partial charge in [-0.25, -0.2) is 9.78 Å². The van der Waals surface area contributed by atoms with Gasteiger partial charge in [0.2, 0.25) is 0 Å². The summed E-state index contributed by atoms with van der Waals surface area (Å²) in [5, 5.41) is 5.60. The third-order valence-corrected chi connectivity index (χ3v) is 4.66. The molecule has 2 heterocycles. The van der Waals surface area contributed by atoms with E-state index in [1.54, 1.807) is 24.4 Å². The molecule has 2 amide bonds. The number of urea groups is 1. The summed E-state index contributed by atoms with van der Waals surface area (Å²) in [6.07, 6.45) is 1.71. The van der Waals surface area contributed by atoms with Crippen LogP contribution in [0.2, 0.25) is 0 Å². The Labute approximate surface area is 179 Å². The number of aromatic nitrogens is 2. The van der Waals surface area contributed by atoms with Crippen molar-refractivity contribution in [2.75, 3.05) is 10.6 Å². The lowest BCUT2D eigenvalue weighted by Gasteiger charge is -2.13. The van der Waals surface area contributed by atoms with E-state index in [2.05, 4.69) is 15.6 Å². The number of hydrogen-bond acceptors (Lipinski definition) is 4. The number of aryl methyl sites for hydroxylation is 2. The first kappa shape index (κ1) is 20.2. The minimum Gasteiger partial charge on any atom is -0.485 e. The highest BCUT2D eigenvalue weighted by molar-refractivity contribution is 6.00. The van der Waals surface area contributed by atoms with Crippen LogP contribution in [-0.2, 0) is 6.61 Å². The van der Waals surface area contributed by atoms with E-state index >= 15 is 0 Å². The highest BCUT2D eigenvalue weighted by Crippen LogP contribution is 2.25. The zero-order chi connectivity index (χ0) is 21.8. The Morgan fingerprint density at radius 2 is 1.77 bits per heavy atom. The van der Waals surface area contributed by atoms with E-state index in [0.717, 1.165) is 11.1 Å². The van der Waals surface area contributed by atoms with Gasteiger partial charge in [-0.2, -0.15) is 0 Å². The molecule has 0 bridgehead atoms. The van der Waals surface area contributed by atoms with E-state index in [1.165, 1.54) is 10.5 Å². The topological polar surface area (TPSA) is 84.7 Å². The molecule has 7 heteroatoms. The molecule has 31 heavy (non-hydrogen) atoms. The third kappa shape index (κ3) is 4.90. The molecule has 0 saturated carbocycles. The molecule has 7 nitrogen and oxygen atoms in total. The van der Waals surface area contributed by atoms with Crippen molar-refractivity contribution in [2.45, 2.75) is 20.5 Å². The van der Waals surface area contributed by atoms with E-state index in [-0.39, 0.29) is 18.2 Å². The van der Waals surface area contributed by atoms with Gasteiger partial charge in [0.15, 0.2) is 0 Å². The molecule has 0 aliphatic rings. The predicted octanol–water partition coefficient (Wildman–Crippen LogP) is 4.53. The van der Waals surface area contributed by atoms with Gasteiger partial charge in [-0.1, -0.05) is 24.3 Å². The van der Waals surface area contributed by atoms with E-state index in [1.807, 2.05) is 56.3 Å². The summed E-state index contributed by atoms with van der Waals surface area (Å²) in [7, 11) is 0. The molecule has 0 saturated heterocycles. The van der Waals surface area contributed by atoms with Crippen LogP contribution in [0.3, 0.4) is 0 Å². The number of nitrogens with one attached hydrogen (secondary N) is 2. The van der Waals surface area contributed by atoms with Crippen molar-refractivity contribution in [1.29, 1.82) is 0 Å². The Kier molecular flexibility index (Phi) is 5.66. The van der Waals surface area contributed by atoms with E-state index in [9.17, 15) is 9.59 Å². The van der Waals surface area contributed by atoms with Crippen LogP contribution in [0.5, 0.6) is 5.75 Å². The average molecular weight is 414 g/mol. The van der Waals surface area contributed by atoms with Crippen LogP contribution in [-0.4, -0.2) is 15.4 Å². The monoisotopic (exact) mass is 414 g/mol. The summed E-state index contributed by atoms with van der Waals surface area (Å²) < 4.78 is 7.36.